The molecule has 2 heterocycles. The van der Waals surface area contributed by atoms with E-state index in [2.05, 4.69) is 29.6 Å². The maximum absolute atomic E-state index is 3.57. The van der Waals surface area contributed by atoms with Crippen LogP contribution in [0.2, 0.25) is 0 Å². The largest absolute Gasteiger partial charge is 0.309 e. The van der Waals surface area contributed by atoms with Crippen molar-refractivity contribution in [2.75, 3.05) is 6.54 Å². The number of benzene rings is 1. The zero-order valence-electron chi connectivity index (χ0n) is 7.09. The Morgan fingerprint density at radius 2 is 1.92 bits per heavy atom. The van der Waals surface area contributed by atoms with Crippen LogP contribution in [0, 0.1) is 0 Å². The Kier molecular flexibility index (Phi) is 1.30. The highest BCUT2D eigenvalue weighted by atomic mass is 14.9. The highest BCUT2D eigenvalue weighted by Crippen LogP contribution is 2.40. The van der Waals surface area contributed by atoms with E-state index >= 15 is 0 Å². The van der Waals surface area contributed by atoms with Crippen LogP contribution in [0.15, 0.2) is 24.3 Å². The summed E-state index contributed by atoms with van der Waals surface area (Å²) in [5, 5.41) is 3.57. The summed E-state index contributed by atoms with van der Waals surface area (Å²) in [7, 11) is 0. The highest BCUT2D eigenvalue weighted by Gasteiger charge is 2.31. The van der Waals surface area contributed by atoms with Gasteiger partial charge in [-0.25, -0.2) is 0 Å². The van der Waals surface area contributed by atoms with Crippen LogP contribution in [-0.2, 0) is 0 Å². The van der Waals surface area contributed by atoms with Gasteiger partial charge in [-0.1, -0.05) is 24.3 Å². The van der Waals surface area contributed by atoms with Gasteiger partial charge in [-0.05, 0) is 29.9 Å². The molecule has 1 N–H and O–H groups in total. The minimum absolute atomic E-state index is 0.659. The van der Waals surface area contributed by atoms with Crippen molar-refractivity contribution >= 4 is 0 Å². The van der Waals surface area contributed by atoms with E-state index in [4.69, 9.17) is 0 Å². The molecule has 1 fully saturated rings. The zero-order chi connectivity index (χ0) is 7.97. The SMILES string of the molecule is c1ccc2c(c1)[C@H]1CC[C@@H]2NC1. The second-order valence-corrected chi connectivity index (χ2v) is 3.86. The van der Waals surface area contributed by atoms with Crippen molar-refractivity contribution in [1.82, 2.24) is 5.32 Å². The molecule has 2 atom stereocenters. The molecule has 1 heteroatoms. The standard InChI is InChI=1S/C11H13N/c1-2-4-10-9(3-1)8-5-6-11(10)12-7-8/h1-4,8,11-12H,5-7H2/t8-,11-/m0/s1. The van der Waals surface area contributed by atoms with E-state index in [0.717, 1.165) is 5.92 Å². The molecule has 2 bridgehead atoms. The van der Waals surface area contributed by atoms with Crippen LogP contribution < -0.4 is 5.32 Å². The highest BCUT2D eigenvalue weighted by molar-refractivity contribution is 5.37. The van der Waals surface area contributed by atoms with E-state index in [-0.39, 0.29) is 0 Å². The van der Waals surface area contributed by atoms with Gasteiger partial charge in [0.1, 0.15) is 0 Å². The monoisotopic (exact) mass is 159 g/mol. The van der Waals surface area contributed by atoms with Crippen molar-refractivity contribution in [2.24, 2.45) is 0 Å². The van der Waals surface area contributed by atoms with Crippen LogP contribution in [-0.4, -0.2) is 6.54 Å². The Labute approximate surface area is 72.8 Å². The molecule has 0 radical (unpaired) electrons. The summed E-state index contributed by atoms with van der Waals surface area (Å²) >= 11 is 0. The van der Waals surface area contributed by atoms with Gasteiger partial charge < -0.3 is 5.32 Å². The summed E-state index contributed by atoms with van der Waals surface area (Å²) in [5.41, 5.74) is 3.16. The first-order chi connectivity index (χ1) is 5.95. The lowest BCUT2D eigenvalue weighted by Gasteiger charge is -2.39. The molecule has 1 aliphatic carbocycles. The molecular formula is C11H13N. The average Bonchev–Trinajstić information content (AvgIpc) is 2.20. The molecule has 0 saturated carbocycles. The van der Waals surface area contributed by atoms with Crippen molar-refractivity contribution in [3.8, 4) is 0 Å². The zero-order valence-corrected chi connectivity index (χ0v) is 7.09. The van der Waals surface area contributed by atoms with Crippen LogP contribution >= 0.6 is 0 Å². The van der Waals surface area contributed by atoms with E-state index in [9.17, 15) is 0 Å². The number of piperidine rings is 1. The van der Waals surface area contributed by atoms with Crippen molar-refractivity contribution in [2.45, 2.75) is 24.8 Å². The Bertz CT molecular complexity index is 267. The van der Waals surface area contributed by atoms with Crippen LogP contribution in [0.5, 0.6) is 0 Å². The van der Waals surface area contributed by atoms with Crippen molar-refractivity contribution in [1.29, 1.82) is 0 Å². The molecule has 2 aliphatic heterocycles. The van der Waals surface area contributed by atoms with Crippen LogP contribution in [0.25, 0.3) is 0 Å². The number of hydrogen-bond donors (Lipinski definition) is 1. The fraction of sp³-hybridized carbons (Fsp3) is 0.455. The molecule has 1 aromatic rings. The smallest absolute Gasteiger partial charge is 0.0323 e. The molecule has 0 aromatic heterocycles. The average molecular weight is 159 g/mol. The predicted molar refractivity (Wildman–Crippen MR) is 49.2 cm³/mol. The van der Waals surface area contributed by atoms with Gasteiger partial charge in [-0.15, -0.1) is 0 Å². The maximum Gasteiger partial charge on any atom is 0.0323 e. The summed E-state index contributed by atoms with van der Waals surface area (Å²) < 4.78 is 0. The van der Waals surface area contributed by atoms with E-state index in [1.807, 2.05) is 0 Å². The summed E-state index contributed by atoms with van der Waals surface area (Å²) in [5.74, 6) is 0.797. The molecule has 62 valence electrons. The van der Waals surface area contributed by atoms with Gasteiger partial charge in [0.25, 0.3) is 0 Å². The second-order valence-electron chi connectivity index (χ2n) is 3.86. The molecule has 1 aromatic carbocycles. The quantitative estimate of drug-likeness (QED) is 0.612. The Hall–Kier alpha value is -0.820. The van der Waals surface area contributed by atoms with E-state index in [1.165, 1.54) is 19.4 Å². The third kappa shape index (κ3) is 0.774. The second kappa shape index (κ2) is 2.33. The van der Waals surface area contributed by atoms with Gasteiger partial charge in [0.2, 0.25) is 0 Å². The third-order valence-electron chi connectivity index (χ3n) is 3.23. The number of nitrogens with one attached hydrogen (secondary N) is 1. The van der Waals surface area contributed by atoms with Gasteiger partial charge >= 0.3 is 0 Å². The molecule has 0 amide bonds. The lowest BCUT2D eigenvalue weighted by molar-refractivity contribution is 0.338. The molecule has 1 saturated heterocycles. The van der Waals surface area contributed by atoms with Gasteiger partial charge in [0, 0.05) is 12.6 Å². The summed E-state index contributed by atoms with van der Waals surface area (Å²) in [4.78, 5) is 0. The summed E-state index contributed by atoms with van der Waals surface area (Å²) in [6, 6.07) is 9.55. The maximum atomic E-state index is 3.57. The first kappa shape index (κ1) is 6.67. The molecule has 1 nitrogen and oxygen atoms in total. The molecule has 3 aliphatic rings. The van der Waals surface area contributed by atoms with Gasteiger partial charge in [0.05, 0.1) is 0 Å². The third-order valence-corrected chi connectivity index (χ3v) is 3.23. The van der Waals surface area contributed by atoms with Crippen molar-refractivity contribution in [3.63, 3.8) is 0 Å². The molecule has 0 spiro atoms. The summed E-state index contributed by atoms with van der Waals surface area (Å²) in [6.07, 6.45) is 2.72. The van der Waals surface area contributed by atoms with Gasteiger partial charge in [-0.2, -0.15) is 0 Å². The van der Waals surface area contributed by atoms with E-state index < -0.39 is 0 Å². The summed E-state index contributed by atoms with van der Waals surface area (Å²) in [6.45, 7) is 1.20. The van der Waals surface area contributed by atoms with E-state index in [1.54, 1.807) is 11.1 Å². The van der Waals surface area contributed by atoms with Gasteiger partial charge in [0.15, 0.2) is 0 Å². The van der Waals surface area contributed by atoms with Crippen LogP contribution in [0.1, 0.15) is 35.9 Å². The number of rotatable bonds is 0. The number of hydrogen-bond acceptors (Lipinski definition) is 1. The first-order valence-corrected chi connectivity index (χ1v) is 4.77. The van der Waals surface area contributed by atoms with Gasteiger partial charge in [-0.3, -0.25) is 0 Å². The Morgan fingerprint density at radius 3 is 2.58 bits per heavy atom. The van der Waals surface area contributed by atoms with E-state index in [0.29, 0.717) is 6.04 Å². The molecule has 4 rings (SSSR count). The lowest BCUT2D eigenvalue weighted by Crippen LogP contribution is -2.38. The fourth-order valence-corrected chi connectivity index (χ4v) is 2.59. The minimum Gasteiger partial charge on any atom is -0.309 e. The lowest BCUT2D eigenvalue weighted by atomic mass is 9.76. The molecule has 0 unspecified atom stereocenters. The topological polar surface area (TPSA) is 12.0 Å². The minimum atomic E-state index is 0.659. The molecule has 12 heavy (non-hydrogen) atoms. The Morgan fingerprint density at radius 1 is 1.08 bits per heavy atom. The van der Waals surface area contributed by atoms with Crippen molar-refractivity contribution in [3.05, 3.63) is 35.4 Å². The predicted octanol–water partition coefficient (Wildman–Crippen LogP) is 2.21. The Balaban J connectivity index is 2.19. The fourth-order valence-electron chi connectivity index (χ4n) is 2.59. The first-order valence-electron chi connectivity index (χ1n) is 4.77. The normalized spacial score (nSPS) is 31.7. The van der Waals surface area contributed by atoms with Crippen LogP contribution in [0.3, 0.4) is 0 Å². The van der Waals surface area contributed by atoms with Crippen LogP contribution in [0.4, 0.5) is 0 Å². The molecular weight excluding hydrogens is 146 g/mol. The number of fused-ring (bicyclic) bond motifs is 2. The van der Waals surface area contributed by atoms with Crippen molar-refractivity contribution < 1.29 is 0 Å².